The quantitative estimate of drug-likeness (QED) is 0.153. The lowest BCUT2D eigenvalue weighted by Crippen LogP contribution is -2.35. The normalized spacial score (nSPS) is 28.9. The summed E-state index contributed by atoms with van der Waals surface area (Å²) in [5, 5.41) is 24.4. The van der Waals surface area contributed by atoms with Gasteiger partial charge in [-0.25, -0.2) is 4.98 Å². The second-order valence-electron chi connectivity index (χ2n) is 7.42. The Morgan fingerprint density at radius 2 is 2.14 bits per heavy atom. The zero-order valence-electron chi connectivity index (χ0n) is 16.6. The van der Waals surface area contributed by atoms with Gasteiger partial charge >= 0.3 is 5.69 Å². The van der Waals surface area contributed by atoms with Crippen molar-refractivity contribution in [1.29, 1.82) is 0 Å². The number of aliphatic hydroxyl groups excluding tert-OH is 1. The Balaban J connectivity index is 1.89. The van der Waals surface area contributed by atoms with Crippen molar-refractivity contribution in [3.05, 3.63) is 15.3 Å². The van der Waals surface area contributed by atoms with E-state index < -0.39 is 35.3 Å². The first-order chi connectivity index (χ1) is 13.6. The molecule has 1 aromatic heterocycles. The van der Waals surface area contributed by atoms with Crippen LogP contribution in [0, 0.1) is 10.1 Å². The minimum atomic E-state index is -0.980. The molecule has 1 aliphatic heterocycles. The number of thioether (sulfide) groups is 1. The van der Waals surface area contributed by atoms with Gasteiger partial charge < -0.3 is 24.6 Å². The number of nitro groups is 1. The molecule has 5 atom stereocenters. The van der Waals surface area contributed by atoms with Crippen LogP contribution in [-0.2, 0) is 14.2 Å². The molecule has 1 aromatic rings. The summed E-state index contributed by atoms with van der Waals surface area (Å²) in [7, 11) is 0. The number of ether oxygens (including phenoxy) is 3. The molecule has 0 bridgehead atoms. The van der Waals surface area contributed by atoms with Gasteiger partial charge in [-0.05, 0) is 33.6 Å². The van der Waals surface area contributed by atoms with Crippen molar-refractivity contribution in [2.45, 2.75) is 82.1 Å². The molecule has 3 rings (SSSR count). The van der Waals surface area contributed by atoms with Crippen LogP contribution in [-0.4, -0.2) is 62.2 Å². The summed E-state index contributed by atoms with van der Waals surface area (Å²) in [6, 6.07) is -0.390. The highest BCUT2D eigenvalue weighted by molar-refractivity contribution is 7.99. The highest BCUT2D eigenvalue weighted by Crippen LogP contribution is 2.42. The average molecular weight is 449 g/mol. The maximum absolute atomic E-state index is 11.6. The first kappa shape index (κ1) is 22.4. The van der Waals surface area contributed by atoms with Crippen LogP contribution in [0.25, 0.3) is 0 Å². The van der Waals surface area contributed by atoms with Crippen molar-refractivity contribution < 1.29 is 24.2 Å². The standard InChI is InChI=1S/C17H25ClN4O6S/c1-5-6-29-16-20-14(18)11(22(24)25)15(21-16)19-9-7-10(26-8(2)23)13-12(9)27-17(3,4)28-13/h8-10,12-13,23H,5-7H2,1-4H3,(H,19,20,21)/t8?,9-,10+,12+,13-/m1/s1. The molecule has 2 fully saturated rings. The van der Waals surface area contributed by atoms with Crippen LogP contribution in [0.4, 0.5) is 11.5 Å². The highest BCUT2D eigenvalue weighted by Gasteiger charge is 2.55. The van der Waals surface area contributed by atoms with E-state index in [-0.39, 0.29) is 22.7 Å². The number of fused-ring (bicyclic) bond motifs is 1. The van der Waals surface area contributed by atoms with Crippen molar-refractivity contribution in [1.82, 2.24) is 9.97 Å². The molecular weight excluding hydrogens is 424 g/mol. The lowest BCUT2D eigenvalue weighted by atomic mass is 10.2. The van der Waals surface area contributed by atoms with Gasteiger partial charge in [-0.2, -0.15) is 4.98 Å². The van der Waals surface area contributed by atoms with Crippen LogP contribution in [0.2, 0.25) is 5.15 Å². The van der Waals surface area contributed by atoms with Crippen LogP contribution in [0.15, 0.2) is 5.16 Å². The smallest absolute Gasteiger partial charge is 0.348 e. The van der Waals surface area contributed by atoms with Gasteiger partial charge in [0.05, 0.1) is 17.1 Å². The predicted molar refractivity (Wildman–Crippen MR) is 107 cm³/mol. The van der Waals surface area contributed by atoms with Crippen molar-refractivity contribution in [3.63, 3.8) is 0 Å². The van der Waals surface area contributed by atoms with E-state index in [1.165, 1.54) is 18.7 Å². The first-order valence-corrected chi connectivity index (χ1v) is 10.8. The second kappa shape index (κ2) is 8.86. The van der Waals surface area contributed by atoms with Gasteiger partial charge in [0.15, 0.2) is 17.2 Å². The fourth-order valence-corrected chi connectivity index (χ4v) is 4.55. The molecule has 0 amide bonds. The van der Waals surface area contributed by atoms with Gasteiger partial charge in [0.1, 0.15) is 12.2 Å². The van der Waals surface area contributed by atoms with Crippen LogP contribution < -0.4 is 5.32 Å². The first-order valence-electron chi connectivity index (χ1n) is 9.41. The van der Waals surface area contributed by atoms with Gasteiger partial charge in [0.2, 0.25) is 11.0 Å². The molecule has 0 radical (unpaired) electrons. The Hall–Kier alpha value is -1.24. The van der Waals surface area contributed by atoms with Gasteiger partial charge in [-0.15, -0.1) is 0 Å². The molecule has 0 aromatic carbocycles. The summed E-state index contributed by atoms with van der Waals surface area (Å²) in [5.74, 6) is -0.0480. The minimum absolute atomic E-state index is 0.0309. The molecule has 1 unspecified atom stereocenters. The van der Waals surface area contributed by atoms with Gasteiger partial charge in [0, 0.05) is 5.75 Å². The maximum atomic E-state index is 11.6. The van der Waals surface area contributed by atoms with E-state index >= 15 is 0 Å². The number of rotatable bonds is 8. The molecule has 162 valence electrons. The van der Waals surface area contributed by atoms with E-state index in [1.807, 2.05) is 6.92 Å². The Kier molecular flexibility index (Phi) is 6.86. The molecule has 1 aliphatic carbocycles. The van der Waals surface area contributed by atoms with Crippen molar-refractivity contribution in [2.75, 3.05) is 11.1 Å². The van der Waals surface area contributed by atoms with Crippen LogP contribution >= 0.6 is 23.4 Å². The van der Waals surface area contributed by atoms with E-state index in [0.717, 1.165) is 12.2 Å². The van der Waals surface area contributed by atoms with E-state index in [4.69, 9.17) is 25.8 Å². The third kappa shape index (κ3) is 5.09. The topological polar surface area (TPSA) is 129 Å². The summed E-state index contributed by atoms with van der Waals surface area (Å²) >= 11 is 7.46. The summed E-state index contributed by atoms with van der Waals surface area (Å²) in [6.45, 7) is 7.10. The molecule has 1 saturated carbocycles. The number of aromatic nitrogens is 2. The molecule has 0 spiro atoms. The van der Waals surface area contributed by atoms with E-state index in [9.17, 15) is 15.2 Å². The van der Waals surface area contributed by atoms with Crippen molar-refractivity contribution >= 4 is 34.9 Å². The van der Waals surface area contributed by atoms with E-state index in [2.05, 4.69) is 15.3 Å². The Labute approximate surface area is 177 Å². The molecule has 10 nitrogen and oxygen atoms in total. The molecule has 2 aliphatic rings. The second-order valence-corrected chi connectivity index (χ2v) is 8.85. The Morgan fingerprint density at radius 1 is 1.45 bits per heavy atom. The number of halogens is 1. The van der Waals surface area contributed by atoms with Gasteiger partial charge in [-0.3, -0.25) is 10.1 Å². The van der Waals surface area contributed by atoms with Crippen LogP contribution in [0.1, 0.15) is 40.5 Å². The Bertz CT molecular complexity index is 768. The fourth-order valence-electron chi connectivity index (χ4n) is 3.57. The van der Waals surface area contributed by atoms with E-state index in [1.54, 1.807) is 13.8 Å². The lowest BCUT2D eigenvalue weighted by molar-refractivity contribution is -0.384. The molecule has 1 saturated heterocycles. The summed E-state index contributed by atoms with van der Waals surface area (Å²) in [6.07, 6.45) is -0.976. The summed E-state index contributed by atoms with van der Waals surface area (Å²) < 4.78 is 17.5. The third-order valence-corrected chi connectivity index (χ3v) is 5.86. The fraction of sp³-hybridized carbons (Fsp3) is 0.765. The molecule has 12 heteroatoms. The SMILES string of the molecule is CCCSc1nc(Cl)c([N+](=O)[O-])c(N[C@@H]2C[C@H](OC(C)O)[C@H]3OC(C)(C)O[C@H]32)n1. The zero-order valence-corrected chi connectivity index (χ0v) is 18.2. The predicted octanol–water partition coefficient (Wildman–Crippen LogP) is 2.97. The van der Waals surface area contributed by atoms with Crippen LogP contribution in [0.3, 0.4) is 0 Å². The number of nitrogens with one attached hydrogen (secondary N) is 1. The number of aliphatic hydroxyl groups is 1. The average Bonchev–Trinajstić information content (AvgIpc) is 3.06. The minimum Gasteiger partial charge on any atom is -0.368 e. The van der Waals surface area contributed by atoms with Crippen molar-refractivity contribution in [3.8, 4) is 0 Å². The Morgan fingerprint density at radius 3 is 2.76 bits per heavy atom. The van der Waals surface area contributed by atoms with Gasteiger partial charge in [-0.1, -0.05) is 30.3 Å². The summed E-state index contributed by atoms with van der Waals surface area (Å²) in [4.78, 5) is 19.3. The molecule has 2 heterocycles. The van der Waals surface area contributed by atoms with Crippen LogP contribution in [0.5, 0.6) is 0 Å². The highest BCUT2D eigenvalue weighted by atomic mass is 35.5. The molecular formula is C17H25ClN4O6S. The number of hydrogen-bond donors (Lipinski definition) is 2. The molecule has 2 N–H and O–H groups in total. The largest absolute Gasteiger partial charge is 0.368 e. The number of anilines is 1. The number of nitrogens with zero attached hydrogens (tertiary/aromatic N) is 3. The van der Waals surface area contributed by atoms with Crippen molar-refractivity contribution in [2.24, 2.45) is 0 Å². The van der Waals surface area contributed by atoms with E-state index in [0.29, 0.717) is 11.6 Å². The lowest BCUT2D eigenvalue weighted by Gasteiger charge is -2.24. The third-order valence-electron chi connectivity index (χ3n) is 4.55. The monoisotopic (exact) mass is 448 g/mol. The number of hydrogen-bond acceptors (Lipinski definition) is 10. The maximum Gasteiger partial charge on any atom is 0.348 e. The zero-order chi connectivity index (χ0) is 21.3. The molecule has 29 heavy (non-hydrogen) atoms. The summed E-state index contributed by atoms with van der Waals surface area (Å²) in [5.41, 5.74) is -0.387. The van der Waals surface area contributed by atoms with Gasteiger partial charge in [0.25, 0.3) is 0 Å².